The summed E-state index contributed by atoms with van der Waals surface area (Å²) in [5.74, 6) is 1.87. The summed E-state index contributed by atoms with van der Waals surface area (Å²) in [7, 11) is 1.95. The molecule has 0 unspecified atom stereocenters. The highest BCUT2D eigenvalue weighted by Gasteiger charge is 2.09. The van der Waals surface area contributed by atoms with Crippen molar-refractivity contribution in [1.29, 1.82) is 0 Å². The summed E-state index contributed by atoms with van der Waals surface area (Å²) in [4.78, 5) is 5.67. The first kappa shape index (κ1) is 11.3. The van der Waals surface area contributed by atoms with Crippen LogP contribution >= 0.6 is 11.3 Å². The molecule has 0 atom stereocenters. The molecular weight excluding hydrogens is 220 g/mol. The maximum Gasteiger partial charge on any atom is 0.191 e. The molecule has 0 saturated carbocycles. The number of aryl methyl sites for hydroxylation is 2. The average molecular weight is 236 g/mol. The van der Waals surface area contributed by atoms with E-state index in [9.17, 15) is 0 Å². The third kappa shape index (κ3) is 2.48. The zero-order valence-electron chi connectivity index (χ0n) is 9.39. The normalized spacial score (nSPS) is 10.9. The van der Waals surface area contributed by atoms with Crippen LogP contribution in [0.3, 0.4) is 0 Å². The van der Waals surface area contributed by atoms with Gasteiger partial charge in [-0.2, -0.15) is 5.10 Å². The predicted octanol–water partition coefficient (Wildman–Crippen LogP) is 1.82. The van der Waals surface area contributed by atoms with Gasteiger partial charge in [0.05, 0.1) is 4.88 Å². The van der Waals surface area contributed by atoms with Gasteiger partial charge < -0.3 is 5.73 Å². The fourth-order valence-electron chi connectivity index (χ4n) is 1.57. The van der Waals surface area contributed by atoms with Crippen molar-refractivity contribution in [2.45, 2.75) is 19.3 Å². The monoisotopic (exact) mass is 236 g/mol. The van der Waals surface area contributed by atoms with E-state index in [1.807, 2.05) is 29.2 Å². The highest BCUT2D eigenvalue weighted by molar-refractivity contribution is 7.13. The molecular formula is C11H16N4S. The molecule has 2 rings (SSSR count). The lowest BCUT2D eigenvalue weighted by Gasteiger charge is -1.97. The Balaban J connectivity index is 2.10. The van der Waals surface area contributed by atoms with Gasteiger partial charge >= 0.3 is 0 Å². The molecule has 2 aromatic rings. The lowest BCUT2D eigenvalue weighted by atomic mass is 10.2. The number of thiophene rings is 1. The van der Waals surface area contributed by atoms with Gasteiger partial charge in [-0.1, -0.05) is 6.07 Å². The Kier molecular flexibility index (Phi) is 3.69. The first-order valence-corrected chi connectivity index (χ1v) is 6.33. The van der Waals surface area contributed by atoms with Gasteiger partial charge in [0.25, 0.3) is 0 Å². The van der Waals surface area contributed by atoms with E-state index in [0.717, 1.165) is 42.3 Å². The molecule has 4 nitrogen and oxygen atoms in total. The van der Waals surface area contributed by atoms with Crippen molar-refractivity contribution >= 4 is 11.3 Å². The minimum absolute atomic E-state index is 0.746. The largest absolute Gasteiger partial charge is 0.330 e. The SMILES string of the molecule is Cn1nc(-c2cccs2)nc1CCCCN. The highest BCUT2D eigenvalue weighted by Crippen LogP contribution is 2.21. The molecule has 0 saturated heterocycles. The molecule has 0 amide bonds. The minimum atomic E-state index is 0.746. The molecule has 0 aliphatic rings. The van der Waals surface area contributed by atoms with E-state index in [1.54, 1.807) is 11.3 Å². The Hall–Kier alpha value is -1.20. The summed E-state index contributed by atoms with van der Waals surface area (Å²) in [6.45, 7) is 0.746. The molecule has 0 fully saturated rings. The smallest absolute Gasteiger partial charge is 0.191 e. The number of nitrogens with zero attached hydrogens (tertiary/aromatic N) is 3. The fourth-order valence-corrected chi connectivity index (χ4v) is 2.22. The van der Waals surface area contributed by atoms with Gasteiger partial charge in [0.1, 0.15) is 5.82 Å². The lowest BCUT2D eigenvalue weighted by Crippen LogP contribution is -2.03. The zero-order chi connectivity index (χ0) is 11.4. The first-order valence-electron chi connectivity index (χ1n) is 5.45. The van der Waals surface area contributed by atoms with Crippen LogP contribution in [-0.2, 0) is 13.5 Å². The number of hydrogen-bond donors (Lipinski definition) is 1. The second-order valence-corrected chi connectivity index (χ2v) is 4.65. The van der Waals surface area contributed by atoms with E-state index in [-0.39, 0.29) is 0 Å². The predicted molar refractivity (Wildman–Crippen MR) is 66.3 cm³/mol. The summed E-state index contributed by atoms with van der Waals surface area (Å²) in [5, 5.41) is 6.46. The number of hydrogen-bond acceptors (Lipinski definition) is 4. The second kappa shape index (κ2) is 5.23. The van der Waals surface area contributed by atoms with Gasteiger partial charge in [0, 0.05) is 13.5 Å². The Morgan fingerprint density at radius 1 is 1.44 bits per heavy atom. The fraction of sp³-hybridized carbons (Fsp3) is 0.455. The van der Waals surface area contributed by atoms with Crippen LogP contribution in [0.2, 0.25) is 0 Å². The van der Waals surface area contributed by atoms with E-state index >= 15 is 0 Å². The molecule has 0 radical (unpaired) electrons. The van der Waals surface area contributed by atoms with Crippen molar-refractivity contribution < 1.29 is 0 Å². The van der Waals surface area contributed by atoms with Crippen LogP contribution in [0.5, 0.6) is 0 Å². The molecule has 0 spiro atoms. The molecule has 2 heterocycles. The molecule has 86 valence electrons. The number of aromatic nitrogens is 3. The van der Waals surface area contributed by atoms with Crippen molar-refractivity contribution in [3.05, 3.63) is 23.3 Å². The van der Waals surface area contributed by atoms with Gasteiger partial charge in [-0.05, 0) is 30.8 Å². The Bertz CT molecular complexity index is 433. The maximum absolute atomic E-state index is 5.47. The summed E-state index contributed by atoms with van der Waals surface area (Å²) in [5.41, 5.74) is 5.47. The van der Waals surface area contributed by atoms with Crippen LogP contribution in [0, 0.1) is 0 Å². The average Bonchev–Trinajstić information content (AvgIpc) is 2.88. The molecule has 2 aromatic heterocycles. The summed E-state index contributed by atoms with van der Waals surface area (Å²) >= 11 is 1.67. The van der Waals surface area contributed by atoms with Crippen molar-refractivity contribution in [1.82, 2.24) is 14.8 Å². The van der Waals surface area contributed by atoms with Gasteiger partial charge in [-0.3, -0.25) is 4.68 Å². The highest BCUT2D eigenvalue weighted by atomic mass is 32.1. The van der Waals surface area contributed by atoms with E-state index in [0.29, 0.717) is 0 Å². The van der Waals surface area contributed by atoms with Crippen molar-refractivity contribution in [3.63, 3.8) is 0 Å². The van der Waals surface area contributed by atoms with Crippen molar-refractivity contribution in [2.24, 2.45) is 12.8 Å². The molecule has 0 aliphatic heterocycles. The Morgan fingerprint density at radius 2 is 2.31 bits per heavy atom. The molecule has 5 heteroatoms. The summed E-state index contributed by atoms with van der Waals surface area (Å²) in [6.07, 6.45) is 3.07. The topological polar surface area (TPSA) is 56.7 Å². The van der Waals surface area contributed by atoms with Crippen LogP contribution in [0.1, 0.15) is 18.7 Å². The third-order valence-corrected chi connectivity index (χ3v) is 3.32. The van der Waals surface area contributed by atoms with Crippen LogP contribution < -0.4 is 5.73 Å². The standard InChI is InChI=1S/C11H16N4S/c1-15-10(6-2-3-7-12)13-11(14-15)9-5-4-8-16-9/h4-5,8H,2-3,6-7,12H2,1H3. The molecule has 16 heavy (non-hydrogen) atoms. The maximum atomic E-state index is 5.47. The Labute approximate surface area is 99.1 Å². The van der Waals surface area contributed by atoms with Crippen LogP contribution in [-0.4, -0.2) is 21.3 Å². The summed E-state index contributed by atoms with van der Waals surface area (Å²) in [6, 6.07) is 4.06. The van der Waals surface area contributed by atoms with Crippen molar-refractivity contribution in [3.8, 4) is 10.7 Å². The van der Waals surface area contributed by atoms with Crippen molar-refractivity contribution in [2.75, 3.05) is 6.54 Å². The van der Waals surface area contributed by atoms with Gasteiger partial charge in [-0.15, -0.1) is 11.3 Å². The minimum Gasteiger partial charge on any atom is -0.330 e. The van der Waals surface area contributed by atoms with E-state index in [1.165, 1.54) is 0 Å². The first-order chi connectivity index (χ1) is 7.81. The zero-order valence-corrected chi connectivity index (χ0v) is 10.2. The number of unbranched alkanes of at least 4 members (excludes halogenated alkanes) is 1. The molecule has 2 N–H and O–H groups in total. The summed E-state index contributed by atoms with van der Waals surface area (Å²) < 4.78 is 1.87. The van der Waals surface area contributed by atoms with E-state index < -0.39 is 0 Å². The Morgan fingerprint density at radius 3 is 3.00 bits per heavy atom. The van der Waals surface area contributed by atoms with Gasteiger partial charge in [0.2, 0.25) is 0 Å². The quantitative estimate of drug-likeness (QED) is 0.806. The number of rotatable bonds is 5. The van der Waals surface area contributed by atoms with Crippen LogP contribution in [0.15, 0.2) is 17.5 Å². The molecule has 0 bridgehead atoms. The molecule has 0 aliphatic carbocycles. The number of nitrogens with two attached hydrogens (primary N) is 1. The van der Waals surface area contributed by atoms with Crippen LogP contribution in [0.4, 0.5) is 0 Å². The van der Waals surface area contributed by atoms with E-state index in [2.05, 4.69) is 10.1 Å². The van der Waals surface area contributed by atoms with Gasteiger partial charge in [-0.25, -0.2) is 4.98 Å². The van der Waals surface area contributed by atoms with Crippen LogP contribution in [0.25, 0.3) is 10.7 Å². The second-order valence-electron chi connectivity index (χ2n) is 3.70. The third-order valence-electron chi connectivity index (χ3n) is 2.45. The lowest BCUT2D eigenvalue weighted by molar-refractivity contribution is 0.653. The van der Waals surface area contributed by atoms with Gasteiger partial charge in [0.15, 0.2) is 5.82 Å². The molecule has 0 aromatic carbocycles. The van der Waals surface area contributed by atoms with E-state index in [4.69, 9.17) is 5.73 Å².